The Hall–Kier alpha value is -6.44. The van der Waals surface area contributed by atoms with Crippen LogP contribution in [0.25, 0.3) is 0 Å². The normalized spacial score (nSPS) is 16.5. The van der Waals surface area contributed by atoms with Crippen LogP contribution in [-0.4, -0.2) is 189 Å². The van der Waals surface area contributed by atoms with Gasteiger partial charge in [0.2, 0.25) is 29.7 Å². The Morgan fingerprint density at radius 2 is 1.30 bits per heavy atom. The molecule has 418 valence electrons. The molecule has 3 aromatic heterocycles. The maximum atomic E-state index is 14.5. The van der Waals surface area contributed by atoms with Crippen LogP contribution in [0.15, 0.2) is 36.7 Å². The zero-order valence-electron chi connectivity index (χ0n) is 43.2. The van der Waals surface area contributed by atoms with Crippen molar-refractivity contribution in [2.24, 2.45) is 23.3 Å². The minimum absolute atomic E-state index is 0. The van der Waals surface area contributed by atoms with E-state index in [2.05, 4.69) is 43.5 Å². The van der Waals surface area contributed by atoms with Crippen molar-refractivity contribution in [2.45, 2.75) is 77.3 Å². The van der Waals surface area contributed by atoms with Gasteiger partial charge < -0.3 is 72.8 Å². The van der Waals surface area contributed by atoms with Crippen LogP contribution in [0.3, 0.4) is 0 Å². The van der Waals surface area contributed by atoms with Crippen LogP contribution in [0.4, 0.5) is 31.0 Å². The number of terminal acetylenes is 1. The number of nitrogens with two attached hydrogens (primary N) is 2. The number of hydrogen-bond donors (Lipinski definition) is 4. The summed E-state index contributed by atoms with van der Waals surface area (Å²) in [6, 6.07) is 3.59. The number of esters is 1. The lowest BCUT2D eigenvalue weighted by Gasteiger charge is -2.38. The van der Waals surface area contributed by atoms with E-state index in [9.17, 15) is 32.7 Å². The third-order valence-corrected chi connectivity index (χ3v) is 13.2. The van der Waals surface area contributed by atoms with Gasteiger partial charge in [-0.25, -0.2) is 14.2 Å². The summed E-state index contributed by atoms with van der Waals surface area (Å²) in [4.78, 5) is 62.0. The Balaban J connectivity index is 0.0000107. The van der Waals surface area contributed by atoms with Gasteiger partial charge in [0.25, 0.3) is 0 Å². The fraction of sp³-hybridized carbons (Fsp3) is 0.625. The summed E-state index contributed by atoms with van der Waals surface area (Å²) in [5.41, 5.74) is 14.0. The summed E-state index contributed by atoms with van der Waals surface area (Å²) in [7, 11) is 0. The van der Waals surface area contributed by atoms with Crippen LogP contribution < -0.4 is 39.0 Å². The van der Waals surface area contributed by atoms with Gasteiger partial charge in [-0.3, -0.25) is 9.59 Å². The average Bonchev–Trinajstić information content (AvgIpc) is 4.12. The van der Waals surface area contributed by atoms with E-state index in [4.69, 9.17) is 47.1 Å². The van der Waals surface area contributed by atoms with Gasteiger partial charge in [0.1, 0.15) is 36.7 Å². The summed E-state index contributed by atoms with van der Waals surface area (Å²) in [6.45, 7) is 12.3. The Labute approximate surface area is 445 Å². The monoisotopic (exact) mass is 1090 g/mol. The van der Waals surface area contributed by atoms with Gasteiger partial charge in [-0.2, -0.15) is 28.1 Å². The number of aromatic nitrogens is 9. The lowest BCUT2D eigenvalue weighted by Crippen LogP contribution is -3.00. The minimum atomic E-state index is -5.18. The topological polar surface area (TPSA) is 285 Å². The molecule has 6 N–H and O–H groups in total. The van der Waals surface area contributed by atoms with Gasteiger partial charge in [0.15, 0.2) is 0 Å². The second kappa shape index (κ2) is 29.2. The van der Waals surface area contributed by atoms with E-state index >= 15 is 0 Å². The molecule has 6 rings (SSSR count). The van der Waals surface area contributed by atoms with Crippen molar-refractivity contribution in [1.82, 2.24) is 54.7 Å². The highest BCUT2D eigenvalue weighted by Crippen LogP contribution is 2.28. The number of nitrogens with one attached hydrogen (secondary N) is 1. The Morgan fingerprint density at radius 3 is 1.88 bits per heavy atom. The number of halogens is 4. The van der Waals surface area contributed by atoms with Crippen LogP contribution in [0.2, 0.25) is 0 Å². The first kappa shape index (κ1) is 60.4. The smallest absolute Gasteiger partial charge is 0.490 e. The number of piperazine rings is 2. The van der Waals surface area contributed by atoms with Crippen molar-refractivity contribution in [3.63, 3.8) is 0 Å². The number of benzene rings is 1. The third-order valence-electron chi connectivity index (χ3n) is 13.2. The molecule has 6 atom stereocenters. The molecular formula is C48H69ClF3N16O8-. The molecule has 6 unspecified atom stereocenters. The number of rotatable bonds is 27. The van der Waals surface area contributed by atoms with E-state index < -0.39 is 36.9 Å². The van der Waals surface area contributed by atoms with Crippen LogP contribution in [0.1, 0.15) is 81.7 Å². The maximum absolute atomic E-state index is 14.5. The third kappa shape index (κ3) is 16.8. The molecule has 76 heavy (non-hydrogen) atoms. The lowest BCUT2D eigenvalue weighted by molar-refractivity contribution is -0.200. The molecule has 24 nitrogen and oxygen atoms in total. The lowest BCUT2D eigenvalue weighted by atomic mass is 9.97. The van der Waals surface area contributed by atoms with E-state index in [1.807, 2.05) is 30.6 Å². The number of ether oxygens (including phenoxy) is 4. The number of aromatic hydroxyl groups is 1. The van der Waals surface area contributed by atoms with Gasteiger partial charge in [-0.05, 0) is 29.5 Å². The second-order valence-electron chi connectivity index (χ2n) is 18.4. The van der Waals surface area contributed by atoms with Gasteiger partial charge in [0.05, 0.1) is 63.2 Å². The summed E-state index contributed by atoms with van der Waals surface area (Å²) in [5, 5.41) is 30.1. The zero-order valence-corrected chi connectivity index (χ0v) is 44.0. The van der Waals surface area contributed by atoms with E-state index in [1.165, 1.54) is 10.9 Å². The van der Waals surface area contributed by atoms with Crippen molar-refractivity contribution in [2.75, 3.05) is 120 Å². The molecule has 0 saturated carbocycles. The summed E-state index contributed by atoms with van der Waals surface area (Å²) >= 11 is 0. The molecule has 0 radical (unpaired) electrons. The highest BCUT2D eigenvalue weighted by Gasteiger charge is 2.41. The number of alkyl halides is 3. The summed E-state index contributed by atoms with van der Waals surface area (Å²) in [5.74, 6) is 0.740. The molecule has 0 aliphatic carbocycles. The number of nitrogens with zero attached hydrogens (tertiary/aromatic N) is 13. The average molecular weight is 1090 g/mol. The number of carbonyl (C=O) groups excluding carboxylic acids is 3. The Kier molecular flexibility index (Phi) is 23.2. The minimum Gasteiger partial charge on any atom is -1.00 e. The molecule has 2 fully saturated rings. The van der Waals surface area contributed by atoms with E-state index in [1.54, 1.807) is 44.9 Å². The first-order chi connectivity index (χ1) is 36.0. The maximum Gasteiger partial charge on any atom is 0.490 e. The molecule has 2 amide bonds. The molecular weight excluding hydrogens is 1020 g/mol. The van der Waals surface area contributed by atoms with Crippen LogP contribution in [0, 0.1) is 24.2 Å². The highest BCUT2D eigenvalue weighted by molar-refractivity contribution is 5.81. The highest BCUT2D eigenvalue weighted by atomic mass is 35.5. The number of phenols is 1. The van der Waals surface area contributed by atoms with Crippen molar-refractivity contribution in [3.05, 3.63) is 53.6 Å². The Morgan fingerprint density at radius 1 is 0.763 bits per heavy atom. The van der Waals surface area contributed by atoms with Crippen molar-refractivity contribution < 1.29 is 64.0 Å². The molecule has 1 aromatic carbocycles. The predicted molar refractivity (Wildman–Crippen MR) is 267 cm³/mol. The Bertz CT molecular complexity index is 2480. The fourth-order valence-electron chi connectivity index (χ4n) is 8.23. The van der Waals surface area contributed by atoms with Crippen LogP contribution >= 0.6 is 0 Å². The molecule has 28 heteroatoms. The van der Waals surface area contributed by atoms with Crippen molar-refractivity contribution >= 4 is 35.6 Å². The predicted octanol–water partition coefficient (Wildman–Crippen LogP) is -0.921. The number of carbonyl (C=O) groups is 3. The number of amides is 2. The molecule has 5 heterocycles. The van der Waals surface area contributed by atoms with Gasteiger partial charge in [-0.1, -0.05) is 69.0 Å². The zero-order chi connectivity index (χ0) is 54.1. The molecule has 0 spiro atoms. The molecule has 2 aliphatic rings. The second-order valence-corrected chi connectivity index (χ2v) is 18.4. The van der Waals surface area contributed by atoms with Gasteiger partial charge >= 0.3 is 12.1 Å². The van der Waals surface area contributed by atoms with Crippen LogP contribution in [-0.2, 0) is 39.8 Å². The fourth-order valence-corrected chi connectivity index (χ4v) is 8.23. The van der Waals surface area contributed by atoms with Crippen LogP contribution in [0.5, 0.6) is 5.75 Å². The molecule has 4 aromatic rings. The quantitative estimate of drug-likeness (QED) is 0.0319. The standard InChI is InChI=1S/C48H69F3N16O8.ClH/c1-6-22-72-24-26-74-27-25-73-23-13-54-45-55-46(64-18-14-62(15-19-64)42(69)39(28-34-9-11-35(68)12-10-34)66-30-38(59-60-66)40(53)32(4)7-2)57-47(56-45)65-20-16-63(17-21-65)43(70)41(33(5)8-3)67-29-37(58-61-67)36(52)31-75-44(71)48(49,50)51;/h1,9-12,29-30,32-33,36,39-41,68H,7-8,13-28,31,52-53H2,2-5H3,(H,54,55,56,57);1H/p-1. The largest absolute Gasteiger partial charge is 1.00 e. The number of anilines is 3. The summed E-state index contributed by atoms with van der Waals surface area (Å²) < 4.78 is 61.9. The van der Waals surface area contributed by atoms with Gasteiger partial charge in [-0.15, -0.1) is 16.6 Å². The molecule has 0 bridgehead atoms. The first-order valence-electron chi connectivity index (χ1n) is 25.1. The molecule has 2 aliphatic heterocycles. The first-order valence-corrected chi connectivity index (χ1v) is 25.1. The van der Waals surface area contributed by atoms with Crippen molar-refractivity contribution in [1.29, 1.82) is 0 Å². The van der Waals surface area contributed by atoms with Crippen molar-refractivity contribution in [3.8, 4) is 18.1 Å². The number of hydrogen-bond acceptors (Lipinski definition) is 20. The van der Waals surface area contributed by atoms with E-state index in [-0.39, 0.29) is 60.1 Å². The SMILES string of the molecule is C#CCOCCOCCOCCNc1nc(N2CCN(C(=O)C(Cc3ccc(O)cc3)n3cc(C(N)C(C)CC)nn3)CC2)nc(N2CCN(C(=O)C(C(C)CC)n3cc(C(N)COC(=O)C(F)(F)F)nn3)CC2)n1.[Cl-]. The van der Waals surface area contributed by atoms with E-state index in [0.717, 1.165) is 12.0 Å². The summed E-state index contributed by atoms with van der Waals surface area (Å²) in [6.07, 6.45) is 4.90. The molecule has 2 saturated heterocycles. The van der Waals surface area contributed by atoms with Gasteiger partial charge in [0, 0.05) is 65.3 Å². The van der Waals surface area contributed by atoms with E-state index in [0.29, 0.717) is 128 Å². The number of phenolic OH excluding ortho intramolecular Hbond substituents is 1.